The Kier molecular flexibility index (Phi) is 3.52. The molecule has 0 aromatic carbocycles. The number of aromatic nitrogens is 2. The molecule has 2 atom stereocenters. The molecule has 23 heavy (non-hydrogen) atoms. The summed E-state index contributed by atoms with van der Waals surface area (Å²) >= 11 is 1.86. The highest BCUT2D eigenvalue weighted by molar-refractivity contribution is 7.17. The molecule has 0 bridgehead atoms. The van der Waals surface area contributed by atoms with E-state index in [9.17, 15) is 4.79 Å². The van der Waals surface area contributed by atoms with E-state index in [0.29, 0.717) is 23.7 Å². The molecule has 1 saturated heterocycles. The zero-order valence-corrected chi connectivity index (χ0v) is 15.2. The van der Waals surface area contributed by atoms with Crippen molar-refractivity contribution >= 4 is 22.1 Å². The lowest BCUT2D eigenvalue weighted by Gasteiger charge is -2.31. The summed E-state index contributed by atoms with van der Waals surface area (Å²) in [6.45, 7) is 10.4. The second kappa shape index (κ2) is 5.33. The number of aryl methyl sites for hydroxylation is 3. The van der Waals surface area contributed by atoms with Crippen molar-refractivity contribution in [1.29, 1.82) is 0 Å². The molecule has 0 radical (unpaired) electrons. The van der Waals surface area contributed by atoms with Gasteiger partial charge in [0.05, 0.1) is 5.69 Å². The fourth-order valence-corrected chi connectivity index (χ4v) is 5.15. The van der Waals surface area contributed by atoms with Gasteiger partial charge in [0.15, 0.2) is 0 Å². The maximum Gasteiger partial charge on any atom is 0.225 e. The Bertz CT molecular complexity index is 767. The number of fused-ring (bicyclic) bond motifs is 1. The van der Waals surface area contributed by atoms with Crippen molar-refractivity contribution in [2.24, 2.45) is 11.8 Å². The van der Waals surface area contributed by atoms with Crippen molar-refractivity contribution in [3.8, 4) is 0 Å². The van der Waals surface area contributed by atoms with E-state index >= 15 is 0 Å². The van der Waals surface area contributed by atoms with Gasteiger partial charge in [-0.25, -0.2) is 4.98 Å². The summed E-state index contributed by atoms with van der Waals surface area (Å²) in [5, 5.41) is 0. The quantitative estimate of drug-likeness (QED) is 0.842. The first-order valence-corrected chi connectivity index (χ1v) is 9.52. The van der Waals surface area contributed by atoms with Crippen LogP contribution >= 0.6 is 11.3 Å². The summed E-state index contributed by atoms with van der Waals surface area (Å²) in [6.07, 6.45) is 3.19. The van der Waals surface area contributed by atoms with Crippen molar-refractivity contribution in [3.63, 3.8) is 0 Å². The smallest absolute Gasteiger partial charge is 0.225 e. The molecule has 0 unspecified atom stereocenters. The Morgan fingerprint density at radius 2 is 1.87 bits per heavy atom. The second-order valence-electron chi connectivity index (χ2n) is 7.35. The lowest BCUT2D eigenvalue weighted by atomic mass is 9.93. The highest BCUT2D eigenvalue weighted by Crippen LogP contribution is 2.41. The number of imidazole rings is 1. The summed E-state index contributed by atoms with van der Waals surface area (Å²) in [4.78, 5) is 22.0. The normalized spacial score (nSPS) is 25.3. The molecule has 2 fully saturated rings. The van der Waals surface area contributed by atoms with E-state index < -0.39 is 0 Å². The molecule has 124 valence electrons. The van der Waals surface area contributed by atoms with E-state index in [1.165, 1.54) is 21.1 Å². The number of amides is 1. The van der Waals surface area contributed by atoms with Crippen LogP contribution in [-0.2, 0) is 4.79 Å². The van der Waals surface area contributed by atoms with Gasteiger partial charge in [0.25, 0.3) is 0 Å². The second-order valence-corrected chi connectivity index (χ2v) is 8.55. The minimum atomic E-state index is 0.315. The number of piperidine rings is 1. The summed E-state index contributed by atoms with van der Waals surface area (Å²) in [5.74, 6) is 2.91. The molecular formula is C18H25N3OS. The third-order valence-electron chi connectivity index (χ3n) is 5.74. The van der Waals surface area contributed by atoms with Crippen molar-refractivity contribution in [2.45, 2.75) is 52.9 Å². The maximum absolute atomic E-state index is 12.4. The largest absolute Gasteiger partial charge is 0.342 e. The Labute approximate surface area is 141 Å². The number of nitrogens with zero attached hydrogens (tertiary/aromatic N) is 3. The Morgan fingerprint density at radius 3 is 2.48 bits per heavy atom. The first-order valence-electron chi connectivity index (χ1n) is 8.71. The SMILES string of the molecule is Cc1sc2c(C3CCN(C(=O)[C@H]4C[C@@H]4C)CC3)nc(C)n2c1C. The Morgan fingerprint density at radius 1 is 1.22 bits per heavy atom. The lowest BCUT2D eigenvalue weighted by Crippen LogP contribution is -2.39. The minimum absolute atomic E-state index is 0.315. The van der Waals surface area contributed by atoms with Crippen LogP contribution in [0.15, 0.2) is 0 Å². The fourth-order valence-electron chi connectivity index (χ4n) is 3.94. The topological polar surface area (TPSA) is 37.6 Å². The van der Waals surface area contributed by atoms with E-state index in [1.54, 1.807) is 0 Å². The standard InChI is InChI=1S/C18H25N3OS/c1-10-9-15(10)17(22)20-7-5-14(6-8-20)16-18-21(13(4)19-16)11(2)12(3)23-18/h10,14-15H,5-9H2,1-4H3/t10-,15-/m0/s1. The molecule has 1 amide bonds. The van der Waals surface area contributed by atoms with Crippen LogP contribution in [0.1, 0.15) is 54.2 Å². The number of hydrogen-bond donors (Lipinski definition) is 0. The van der Waals surface area contributed by atoms with Gasteiger partial charge in [0, 0.05) is 35.5 Å². The third-order valence-corrected chi connectivity index (χ3v) is 6.93. The first kappa shape index (κ1) is 15.2. The van der Waals surface area contributed by atoms with Gasteiger partial charge in [-0.2, -0.15) is 0 Å². The van der Waals surface area contributed by atoms with Crippen LogP contribution < -0.4 is 0 Å². The first-order chi connectivity index (χ1) is 11.0. The van der Waals surface area contributed by atoms with Crippen molar-refractivity contribution in [3.05, 3.63) is 22.1 Å². The van der Waals surface area contributed by atoms with E-state index in [4.69, 9.17) is 4.98 Å². The molecule has 0 spiro atoms. The van der Waals surface area contributed by atoms with Crippen LogP contribution in [0.3, 0.4) is 0 Å². The molecule has 4 nitrogen and oxygen atoms in total. The zero-order valence-electron chi connectivity index (χ0n) is 14.4. The van der Waals surface area contributed by atoms with E-state index in [1.807, 2.05) is 11.3 Å². The maximum atomic E-state index is 12.4. The molecule has 1 aliphatic heterocycles. The summed E-state index contributed by atoms with van der Waals surface area (Å²) in [5.41, 5.74) is 2.58. The molecule has 1 aliphatic carbocycles. The van der Waals surface area contributed by atoms with Gasteiger partial charge < -0.3 is 4.90 Å². The van der Waals surface area contributed by atoms with Gasteiger partial charge in [-0.1, -0.05) is 6.92 Å². The van der Waals surface area contributed by atoms with Gasteiger partial charge >= 0.3 is 0 Å². The number of rotatable bonds is 2. The number of carbonyl (C=O) groups excluding carboxylic acids is 1. The van der Waals surface area contributed by atoms with Crippen molar-refractivity contribution < 1.29 is 4.79 Å². The van der Waals surface area contributed by atoms with Gasteiger partial charge in [0.2, 0.25) is 5.91 Å². The number of hydrogen-bond acceptors (Lipinski definition) is 3. The molecule has 2 aliphatic rings. The molecule has 5 heteroatoms. The molecule has 1 saturated carbocycles. The van der Waals surface area contributed by atoms with Crippen LogP contribution in [0.4, 0.5) is 0 Å². The van der Waals surface area contributed by atoms with Crippen LogP contribution in [-0.4, -0.2) is 33.3 Å². The number of likely N-dealkylation sites (tertiary alicyclic amines) is 1. The van der Waals surface area contributed by atoms with Crippen LogP contribution in [0, 0.1) is 32.6 Å². The summed E-state index contributed by atoms with van der Waals surface area (Å²) in [7, 11) is 0. The molecule has 4 rings (SSSR count). The van der Waals surface area contributed by atoms with Crippen LogP contribution in [0.2, 0.25) is 0 Å². The van der Waals surface area contributed by atoms with E-state index in [2.05, 4.69) is 37.0 Å². The van der Waals surface area contributed by atoms with Gasteiger partial charge in [-0.15, -0.1) is 11.3 Å². The zero-order chi connectivity index (χ0) is 16.3. The average Bonchev–Trinajstić information content (AvgIpc) is 3.08. The average molecular weight is 331 g/mol. The third kappa shape index (κ3) is 2.40. The molecule has 2 aromatic rings. The van der Waals surface area contributed by atoms with E-state index in [-0.39, 0.29) is 0 Å². The van der Waals surface area contributed by atoms with Crippen molar-refractivity contribution in [1.82, 2.24) is 14.3 Å². The summed E-state index contributed by atoms with van der Waals surface area (Å²) < 4.78 is 2.30. The van der Waals surface area contributed by atoms with Gasteiger partial charge in [0.1, 0.15) is 10.7 Å². The molecule has 3 heterocycles. The molecule has 2 aromatic heterocycles. The Hall–Kier alpha value is -1.36. The Balaban J connectivity index is 1.52. The predicted molar refractivity (Wildman–Crippen MR) is 93.1 cm³/mol. The minimum Gasteiger partial charge on any atom is -0.342 e. The van der Waals surface area contributed by atoms with E-state index in [0.717, 1.165) is 38.2 Å². The highest BCUT2D eigenvalue weighted by atomic mass is 32.1. The number of thiazole rings is 1. The molecule has 0 N–H and O–H groups in total. The summed E-state index contributed by atoms with van der Waals surface area (Å²) in [6, 6.07) is 0. The highest BCUT2D eigenvalue weighted by Gasteiger charge is 2.42. The fraction of sp³-hybridized carbons (Fsp3) is 0.667. The predicted octanol–water partition coefficient (Wildman–Crippen LogP) is 3.68. The lowest BCUT2D eigenvalue weighted by molar-refractivity contribution is -0.133. The number of carbonyl (C=O) groups is 1. The molecular weight excluding hydrogens is 306 g/mol. The van der Waals surface area contributed by atoms with Gasteiger partial charge in [-0.05, 0) is 46.0 Å². The van der Waals surface area contributed by atoms with Crippen LogP contribution in [0.25, 0.3) is 4.83 Å². The van der Waals surface area contributed by atoms with Crippen molar-refractivity contribution in [2.75, 3.05) is 13.1 Å². The van der Waals surface area contributed by atoms with Gasteiger partial charge in [-0.3, -0.25) is 9.20 Å². The monoisotopic (exact) mass is 331 g/mol. The van der Waals surface area contributed by atoms with Crippen LogP contribution in [0.5, 0.6) is 0 Å².